The Labute approximate surface area is 150 Å². The molecule has 0 aromatic carbocycles. The molecule has 26 heavy (non-hydrogen) atoms. The third-order valence-corrected chi connectivity index (χ3v) is 4.75. The first kappa shape index (κ1) is 18.3. The average Bonchev–Trinajstić information content (AvgIpc) is 2.84. The highest BCUT2D eigenvalue weighted by Crippen LogP contribution is 2.29. The second kappa shape index (κ2) is 6.05. The van der Waals surface area contributed by atoms with E-state index in [2.05, 4.69) is 4.98 Å². The largest absolute Gasteiger partial charge is 0.477 e. The number of halogens is 1. The van der Waals surface area contributed by atoms with Crippen LogP contribution in [0.2, 0.25) is 0 Å². The fraction of sp³-hybridized carbons (Fsp3) is 0.500. The standard InChI is InChI=1S/C18H23FN4O3/c1-9-5-10(20)7-22(9)16-13(19)6-11-14(24)12(17(25)26)8-23(15(11)21-16)18(2,3)4/h6,8-10H,5,7,20H2,1-4H3,(H,25,26)/t9-,10-/m1/s1. The number of aromatic nitrogens is 2. The van der Waals surface area contributed by atoms with Gasteiger partial charge >= 0.3 is 5.97 Å². The number of hydrogen-bond acceptors (Lipinski definition) is 5. The molecule has 1 aliphatic rings. The molecule has 2 atom stereocenters. The second-order valence-electron chi connectivity index (χ2n) is 7.88. The van der Waals surface area contributed by atoms with Gasteiger partial charge in [0.2, 0.25) is 5.43 Å². The van der Waals surface area contributed by atoms with Crippen molar-refractivity contribution in [3.63, 3.8) is 0 Å². The van der Waals surface area contributed by atoms with Crippen LogP contribution in [-0.4, -0.2) is 39.3 Å². The number of carboxylic acids is 1. The van der Waals surface area contributed by atoms with Gasteiger partial charge in [0.25, 0.3) is 0 Å². The van der Waals surface area contributed by atoms with E-state index in [1.54, 1.807) is 9.47 Å². The summed E-state index contributed by atoms with van der Waals surface area (Å²) in [6.07, 6.45) is 2.00. The van der Waals surface area contributed by atoms with E-state index in [0.717, 1.165) is 12.5 Å². The number of nitrogens with zero attached hydrogens (tertiary/aromatic N) is 3. The minimum atomic E-state index is -1.35. The summed E-state index contributed by atoms with van der Waals surface area (Å²) in [5.41, 5.74) is 4.55. The Kier molecular flexibility index (Phi) is 4.26. The predicted octanol–water partition coefficient (Wildman–Crippen LogP) is 1.91. The van der Waals surface area contributed by atoms with Gasteiger partial charge in [0.15, 0.2) is 11.6 Å². The van der Waals surface area contributed by atoms with Crippen molar-refractivity contribution in [2.75, 3.05) is 11.4 Å². The molecule has 1 saturated heterocycles. The first-order chi connectivity index (χ1) is 12.0. The summed E-state index contributed by atoms with van der Waals surface area (Å²) in [5.74, 6) is -1.87. The molecule has 1 fully saturated rings. The van der Waals surface area contributed by atoms with Crippen LogP contribution in [-0.2, 0) is 5.54 Å². The maximum Gasteiger partial charge on any atom is 0.341 e. The summed E-state index contributed by atoms with van der Waals surface area (Å²) < 4.78 is 16.4. The van der Waals surface area contributed by atoms with E-state index in [9.17, 15) is 19.1 Å². The fourth-order valence-corrected chi connectivity index (χ4v) is 3.45. The summed E-state index contributed by atoms with van der Waals surface area (Å²) in [6, 6.07) is 1.05. The lowest BCUT2D eigenvalue weighted by molar-refractivity contribution is 0.0694. The summed E-state index contributed by atoms with van der Waals surface area (Å²) in [7, 11) is 0. The summed E-state index contributed by atoms with van der Waals surface area (Å²) in [5, 5.41) is 9.28. The Bertz CT molecular complexity index is 948. The van der Waals surface area contributed by atoms with Gasteiger partial charge in [0.05, 0.1) is 5.39 Å². The molecule has 0 amide bonds. The van der Waals surface area contributed by atoms with Crippen LogP contribution in [0.3, 0.4) is 0 Å². The number of carboxylic acid groups (broad SMARTS) is 1. The Hall–Kier alpha value is -2.48. The number of anilines is 1. The second-order valence-corrected chi connectivity index (χ2v) is 7.88. The van der Waals surface area contributed by atoms with Crippen molar-refractivity contribution >= 4 is 22.8 Å². The highest BCUT2D eigenvalue weighted by molar-refractivity contribution is 5.92. The van der Waals surface area contributed by atoms with Crippen LogP contribution >= 0.6 is 0 Å². The Balaban J connectivity index is 2.34. The maximum absolute atomic E-state index is 14.8. The molecule has 0 radical (unpaired) electrons. The minimum Gasteiger partial charge on any atom is -0.477 e. The molecule has 0 spiro atoms. The van der Waals surface area contributed by atoms with Gasteiger partial charge in [-0.25, -0.2) is 14.2 Å². The van der Waals surface area contributed by atoms with E-state index >= 15 is 0 Å². The molecule has 3 heterocycles. The molecule has 3 N–H and O–H groups in total. The molecular formula is C18H23FN4O3. The van der Waals surface area contributed by atoms with Gasteiger partial charge in [-0.05, 0) is 40.2 Å². The minimum absolute atomic E-state index is 0.0255. The maximum atomic E-state index is 14.8. The van der Waals surface area contributed by atoms with E-state index in [4.69, 9.17) is 5.73 Å². The molecule has 8 heteroatoms. The van der Waals surface area contributed by atoms with Gasteiger partial charge < -0.3 is 20.3 Å². The molecule has 2 aromatic rings. The van der Waals surface area contributed by atoms with Crippen molar-refractivity contribution < 1.29 is 14.3 Å². The third kappa shape index (κ3) is 2.94. The van der Waals surface area contributed by atoms with Gasteiger partial charge in [-0.2, -0.15) is 0 Å². The molecule has 0 unspecified atom stereocenters. The number of nitrogens with two attached hydrogens (primary N) is 1. The van der Waals surface area contributed by atoms with Crippen LogP contribution < -0.4 is 16.1 Å². The monoisotopic (exact) mass is 362 g/mol. The summed E-state index contributed by atoms with van der Waals surface area (Å²) >= 11 is 0. The lowest BCUT2D eigenvalue weighted by atomic mass is 10.1. The number of pyridine rings is 2. The molecule has 1 aliphatic heterocycles. The lowest BCUT2D eigenvalue weighted by Crippen LogP contribution is -2.32. The topological polar surface area (TPSA) is 101 Å². The number of rotatable bonds is 2. The molecule has 0 saturated carbocycles. The van der Waals surface area contributed by atoms with Crippen molar-refractivity contribution in [2.24, 2.45) is 5.73 Å². The molecule has 0 bridgehead atoms. The number of fused-ring (bicyclic) bond motifs is 1. The van der Waals surface area contributed by atoms with Crippen LogP contribution in [0.1, 0.15) is 44.5 Å². The molecule has 3 rings (SSSR count). The highest BCUT2D eigenvalue weighted by atomic mass is 19.1. The van der Waals surface area contributed by atoms with Gasteiger partial charge in [-0.1, -0.05) is 0 Å². The fourth-order valence-electron chi connectivity index (χ4n) is 3.45. The first-order valence-electron chi connectivity index (χ1n) is 8.52. The quantitative estimate of drug-likeness (QED) is 0.846. The normalized spacial score (nSPS) is 20.8. The molecule has 0 aliphatic carbocycles. The molecule has 7 nitrogen and oxygen atoms in total. The SMILES string of the molecule is C[C@@H]1C[C@@H](N)CN1c1nc2c(cc1F)c(=O)c(C(=O)O)cn2C(C)(C)C. The number of carbonyl (C=O) groups is 1. The zero-order valence-corrected chi connectivity index (χ0v) is 15.3. The number of hydrogen-bond donors (Lipinski definition) is 2. The van der Waals surface area contributed by atoms with E-state index in [-0.39, 0.29) is 28.9 Å². The summed E-state index contributed by atoms with van der Waals surface area (Å²) in [6.45, 7) is 8.01. The molecule has 140 valence electrons. The Morgan fingerprint density at radius 2 is 2.08 bits per heavy atom. The van der Waals surface area contributed by atoms with Gasteiger partial charge in [-0.3, -0.25) is 4.79 Å². The van der Waals surface area contributed by atoms with Crippen molar-refractivity contribution in [1.82, 2.24) is 9.55 Å². The van der Waals surface area contributed by atoms with Crippen molar-refractivity contribution in [3.8, 4) is 0 Å². The Morgan fingerprint density at radius 3 is 2.58 bits per heavy atom. The third-order valence-electron chi connectivity index (χ3n) is 4.75. The smallest absolute Gasteiger partial charge is 0.341 e. The first-order valence-corrected chi connectivity index (χ1v) is 8.52. The Morgan fingerprint density at radius 1 is 1.42 bits per heavy atom. The van der Waals surface area contributed by atoms with E-state index in [1.807, 2.05) is 27.7 Å². The van der Waals surface area contributed by atoms with Gasteiger partial charge in [0.1, 0.15) is 11.2 Å². The summed E-state index contributed by atoms with van der Waals surface area (Å²) in [4.78, 5) is 30.2. The van der Waals surface area contributed by atoms with Crippen LogP contribution in [0, 0.1) is 5.82 Å². The average molecular weight is 362 g/mol. The number of aromatic carboxylic acids is 1. The van der Waals surface area contributed by atoms with Crippen LogP contribution in [0.5, 0.6) is 0 Å². The van der Waals surface area contributed by atoms with E-state index < -0.39 is 28.3 Å². The van der Waals surface area contributed by atoms with Crippen molar-refractivity contribution in [2.45, 2.75) is 51.7 Å². The lowest BCUT2D eigenvalue weighted by Gasteiger charge is -2.27. The molecule has 2 aromatic heterocycles. The highest BCUT2D eigenvalue weighted by Gasteiger charge is 2.31. The zero-order chi connectivity index (χ0) is 19.4. The molecular weight excluding hydrogens is 339 g/mol. The van der Waals surface area contributed by atoms with Crippen LogP contribution in [0.15, 0.2) is 17.1 Å². The van der Waals surface area contributed by atoms with Crippen LogP contribution in [0.4, 0.5) is 10.2 Å². The van der Waals surface area contributed by atoms with E-state index in [0.29, 0.717) is 6.54 Å². The van der Waals surface area contributed by atoms with Crippen molar-refractivity contribution in [1.29, 1.82) is 0 Å². The zero-order valence-electron chi connectivity index (χ0n) is 15.3. The van der Waals surface area contributed by atoms with Crippen molar-refractivity contribution in [3.05, 3.63) is 33.9 Å². The predicted molar refractivity (Wildman–Crippen MR) is 97.3 cm³/mol. The van der Waals surface area contributed by atoms with Crippen LogP contribution in [0.25, 0.3) is 11.0 Å². The van der Waals surface area contributed by atoms with E-state index in [1.165, 1.54) is 6.20 Å². The van der Waals surface area contributed by atoms with Gasteiger partial charge in [-0.15, -0.1) is 0 Å². The van der Waals surface area contributed by atoms with Gasteiger partial charge in [0, 0.05) is 30.4 Å².